The molecule has 0 spiro atoms. The maximum atomic E-state index is 12.7. The summed E-state index contributed by atoms with van der Waals surface area (Å²) < 4.78 is 25.4. The topological polar surface area (TPSA) is 58.7 Å². The van der Waals surface area contributed by atoms with Crippen LogP contribution in [0.2, 0.25) is 0 Å². The number of carbonyl (C=O) groups is 1. The Labute approximate surface area is 109 Å². The lowest BCUT2D eigenvalue weighted by Gasteiger charge is -2.28. The maximum Gasteiger partial charge on any atom is 0.346 e. The van der Waals surface area contributed by atoms with Crippen LogP contribution in [0.3, 0.4) is 0 Å². The van der Waals surface area contributed by atoms with E-state index in [0.29, 0.717) is 5.56 Å². The van der Waals surface area contributed by atoms with Crippen molar-refractivity contribution in [1.29, 1.82) is 0 Å². The Kier molecular flexibility index (Phi) is 3.50. The lowest BCUT2D eigenvalue weighted by Crippen LogP contribution is -2.38. The molecule has 6 heteroatoms. The van der Waals surface area contributed by atoms with Gasteiger partial charge in [0.1, 0.15) is 11.9 Å². The molecule has 0 radical (unpaired) electrons. The molecular formula is C13H15F2N3O. The zero-order valence-corrected chi connectivity index (χ0v) is 10.7. The van der Waals surface area contributed by atoms with Crippen LogP contribution in [-0.4, -0.2) is 22.8 Å². The number of hydrogen-bond acceptors (Lipinski definition) is 2. The maximum absolute atomic E-state index is 12.7. The average molecular weight is 267 g/mol. The quantitative estimate of drug-likeness (QED) is 0.915. The highest BCUT2D eigenvalue weighted by Crippen LogP contribution is 2.31. The van der Waals surface area contributed by atoms with Crippen molar-refractivity contribution in [1.82, 2.24) is 4.90 Å². The van der Waals surface area contributed by atoms with Crippen LogP contribution < -0.4 is 5.73 Å². The van der Waals surface area contributed by atoms with Gasteiger partial charge in [-0.2, -0.15) is 4.99 Å². The van der Waals surface area contributed by atoms with Gasteiger partial charge in [0.25, 0.3) is 6.43 Å². The molecule has 2 rings (SSSR count). The number of benzene rings is 1. The minimum Gasteiger partial charge on any atom is -0.385 e. The lowest BCUT2D eigenvalue weighted by molar-refractivity contribution is 0.151. The molecule has 0 saturated carbocycles. The monoisotopic (exact) mass is 267 g/mol. The fourth-order valence-electron chi connectivity index (χ4n) is 2.20. The van der Waals surface area contributed by atoms with E-state index in [-0.39, 0.29) is 17.4 Å². The Morgan fingerprint density at radius 3 is 2.63 bits per heavy atom. The average Bonchev–Trinajstić information content (AvgIpc) is 2.64. The van der Waals surface area contributed by atoms with Gasteiger partial charge >= 0.3 is 6.03 Å². The molecule has 4 nitrogen and oxygen atoms in total. The number of amidine groups is 1. The molecule has 0 aromatic heterocycles. The molecule has 102 valence electrons. The summed E-state index contributed by atoms with van der Waals surface area (Å²) in [5.41, 5.74) is 6.22. The Bertz CT molecular complexity index is 528. The minimum absolute atomic E-state index is 0.0895. The fraction of sp³-hybridized carbons (Fsp3) is 0.385. The van der Waals surface area contributed by atoms with E-state index in [1.807, 2.05) is 13.8 Å². The van der Waals surface area contributed by atoms with Crippen molar-refractivity contribution < 1.29 is 13.6 Å². The number of hydrogen-bond donors (Lipinski definition) is 1. The molecule has 19 heavy (non-hydrogen) atoms. The van der Waals surface area contributed by atoms with Crippen molar-refractivity contribution in [2.45, 2.75) is 32.4 Å². The summed E-state index contributed by atoms with van der Waals surface area (Å²) in [6, 6.07) is 4.81. The molecular weight excluding hydrogens is 252 g/mol. The van der Waals surface area contributed by atoms with Gasteiger partial charge in [-0.05, 0) is 25.5 Å². The number of amides is 2. The summed E-state index contributed by atoms with van der Waals surface area (Å²) >= 11 is 0. The third kappa shape index (κ3) is 2.43. The molecule has 2 amide bonds. The van der Waals surface area contributed by atoms with Crippen LogP contribution in [-0.2, 0) is 0 Å². The third-order valence-electron chi connectivity index (χ3n) is 3.04. The largest absolute Gasteiger partial charge is 0.385 e. The van der Waals surface area contributed by atoms with Crippen molar-refractivity contribution in [3.63, 3.8) is 0 Å². The Morgan fingerprint density at radius 1 is 1.37 bits per heavy atom. The van der Waals surface area contributed by atoms with Crippen molar-refractivity contribution >= 4 is 11.9 Å². The number of nitrogens with two attached hydrogens (primary N) is 1. The molecule has 0 saturated heterocycles. The Hall–Kier alpha value is -1.98. The van der Waals surface area contributed by atoms with Gasteiger partial charge in [-0.15, -0.1) is 0 Å². The van der Waals surface area contributed by atoms with Crippen molar-refractivity contribution in [3.8, 4) is 0 Å². The summed E-state index contributed by atoms with van der Waals surface area (Å²) in [5, 5.41) is 0. The van der Waals surface area contributed by atoms with E-state index in [0.717, 1.165) is 0 Å². The summed E-state index contributed by atoms with van der Waals surface area (Å²) in [7, 11) is 0. The van der Waals surface area contributed by atoms with E-state index in [9.17, 15) is 13.6 Å². The van der Waals surface area contributed by atoms with Crippen LogP contribution >= 0.6 is 0 Å². The molecule has 1 atom stereocenters. The van der Waals surface area contributed by atoms with Crippen LogP contribution in [0.4, 0.5) is 13.6 Å². The number of alkyl halides is 2. The van der Waals surface area contributed by atoms with Crippen molar-refractivity contribution in [2.75, 3.05) is 0 Å². The first kappa shape index (κ1) is 13.5. The van der Waals surface area contributed by atoms with Gasteiger partial charge in [0, 0.05) is 11.6 Å². The second-order valence-corrected chi connectivity index (χ2v) is 4.69. The fourth-order valence-corrected chi connectivity index (χ4v) is 2.20. The molecule has 2 N–H and O–H groups in total. The van der Waals surface area contributed by atoms with Gasteiger partial charge < -0.3 is 10.6 Å². The van der Waals surface area contributed by atoms with E-state index < -0.39 is 18.5 Å². The first-order valence-corrected chi connectivity index (χ1v) is 5.96. The molecule has 1 aromatic carbocycles. The summed E-state index contributed by atoms with van der Waals surface area (Å²) in [4.78, 5) is 16.9. The first-order valence-electron chi connectivity index (χ1n) is 5.96. The summed E-state index contributed by atoms with van der Waals surface area (Å²) in [6.45, 7) is 3.66. The highest BCUT2D eigenvalue weighted by atomic mass is 19.3. The van der Waals surface area contributed by atoms with Crippen LogP contribution in [0.15, 0.2) is 29.3 Å². The number of urea groups is 1. The highest BCUT2D eigenvalue weighted by Gasteiger charge is 2.36. The lowest BCUT2D eigenvalue weighted by atomic mass is 10.0. The van der Waals surface area contributed by atoms with Crippen LogP contribution in [0.1, 0.15) is 37.4 Å². The van der Waals surface area contributed by atoms with E-state index in [1.54, 1.807) is 6.07 Å². The van der Waals surface area contributed by atoms with Gasteiger partial charge in [0.2, 0.25) is 0 Å². The molecule has 0 bridgehead atoms. The van der Waals surface area contributed by atoms with Gasteiger partial charge in [-0.3, -0.25) is 0 Å². The van der Waals surface area contributed by atoms with E-state index >= 15 is 0 Å². The summed E-state index contributed by atoms with van der Waals surface area (Å²) in [5.74, 6) is 0.144. The van der Waals surface area contributed by atoms with E-state index in [2.05, 4.69) is 4.99 Å². The zero-order valence-electron chi connectivity index (χ0n) is 10.7. The smallest absolute Gasteiger partial charge is 0.346 e. The number of halogens is 2. The third-order valence-corrected chi connectivity index (χ3v) is 3.04. The van der Waals surface area contributed by atoms with Gasteiger partial charge in [0.15, 0.2) is 0 Å². The van der Waals surface area contributed by atoms with Crippen molar-refractivity contribution in [2.24, 2.45) is 10.7 Å². The second kappa shape index (κ2) is 4.95. The Morgan fingerprint density at radius 2 is 2.05 bits per heavy atom. The predicted octanol–water partition coefficient (Wildman–Crippen LogP) is 2.87. The van der Waals surface area contributed by atoms with E-state index in [4.69, 9.17) is 5.73 Å². The summed E-state index contributed by atoms with van der Waals surface area (Å²) in [6.07, 6.45) is -2.55. The molecule has 0 fully saturated rings. The molecule has 1 aromatic rings. The van der Waals surface area contributed by atoms with Gasteiger partial charge in [0.05, 0.1) is 0 Å². The highest BCUT2D eigenvalue weighted by molar-refractivity contribution is 6.03. The number of aliphatic imine (C=N–C) groups is 1. The Balaban J connectivity index is 2.42. The van der Waals surface area contributed by atoms with Crippen LogP contribution in [0.5, 0.6) is 0 Å². The standard InChI is InChI=1S/C13H15F2N3O/c1-7(2)18-10(12(16)17-13(18)19)8-4-3-5-9(6-8)11(14)15/h3-7,10-11H,1-2H3,(H2,16,17,19). The normalized spacial score (nSPS) is 19.5. The number of carbonyl (C=O) groups excluding carboxylic acids is 1. The van der Waals surface area contributed by atoms with E-state index in [1.165, 1.54) is 23.1 Å². The molecule has 1 unspecified atom stereocenters. The second-order valence-electron chi connectivity index (χ2n) is 4.69. The number of rotatable bonds is 3. The van der Waals surface area contributed by atoms with Gasteiger partial charge in [-0.1, -0.05) is 18.2 Å². The molecule has 1 aliphatic rings. The first-order chi connectivity index (χ1) is 8.91. The van der Waals surface area contributed by atoms with Crippen molar-refractivity contribution in [3.05, 3.63) is 35.4 Å². The van der Waals surface area contributed by atoms with Gasteiger partial charge in [-0.25, -0.2) is 13.6 Å². The predicted molar refractivity (Wildman–Crippen MR) is 68.1 cm³/mol. The SMILES string of the molecule is CC(C)N1C(=O)N=C(N)C1c1cccc(C(F)F)c1. The molecule has 1 heterocycles. The van der Waals surface area contributed by atoms with Crippen LogP contribution in [0, 0.1) is 0 Å². The number of nitrogens with zero attached hydrogens (tertiary/aromatic N) is 2. The molecule has 0 aliphatic carbocycles. The zero-order chi connectivity index (χ0) is 14.2. The minimum atomic E-state index is -2.55. The molecule has 1 aliphatic heterocycles. The van der Waals surface area contributed by atoms with Crippen LogP contribution in [0.25, 0.3) is 0 Å².